The lowest BCUT2D eigenvalue weighted by molar-refractivity contribution is -0.385. The van der Waals surface area contributed by atoms with Gasteiger partial charge in [0.15, 0.2) is 0 Å². The van der Waals surface area contributed by atoms with Crippen LogP contribution >= 0.6 is 23.2 Å². The number of rotatable bonds is 6. The van der Waals surface area contributed by atoms with Crippen molar-refractivity contribution in [2.75, 3.05) is 5.32 Å². The predicted octanol–water partition coefficient (Wildman–Crippen LogP) is 6.35. The Morgan fingerprint density at radius 1 is 1.11 bits per heavy atom. The quantitative estimate of drug-likeness (QED) is 0.370. The van der Waals surface area contributed by atoms with E-state index in [9.17, 15) is 10.1 Å². The van der Waals surface area contributed by atoms with Crippen LogP contribution in [0.2, 0.25) is 10.0 Å². The van der Waals surface area contributed by atoms with Crippen LogP contribution in [0.1, 0.15) is 25.3 Å². The molecule has 1 heterocycles. The Labute approximate surface area is 171 Å². The predicted molar refractivity (Wildman–Crippen MR) is 109 cm³/mol. The van der Waals surface area contributed by atoms with E-state index in [1.54, 1.807) is 30.3 Å². The Balaban J connectivity index is 1.95. The summed E-state index contributed by atoms with van der Waals surface area (Å²) in [6.07, 6.45) is 1.17. The highest BCUT2D eigenvalue weighted by Gasteiger charge is 2.26. The van der Waals surface area contributed by atoms with Gasteiger partial charge in [-0.1, -0.05) is 55.2 Å². The van der Waals surface area contributed by atoms with E-state index < -0.39 is 10.6 Å². The average Bonchev–Trinajstić information content (AvgIpc) is 2.66. The minimum Gasteiger partial charge on any atom is -0.434 e. The summed E-state index contributed by atoms with van der Waals surface area (Å²) in [7, 11) is 0. The van der Waals surface area contributed by atoms with Crippen LogP contribution in [-0.2, 0) is 0 Å². The summed E-state index contributed by atoms with van der Waals surface area (Å²) in [5, 5.41) is 15.0. The maximum Gasteiger partial charge on any atom is 0.373 e. The van der Waals surface area contributed by atoms with E-state index in [4.69, 9.17) is 27.9 Å². The Morgan fingerprint density at radius 3 is 2.46 bits per heavy atom. The van der Waals surface area contributed by atoms with Crippen molar-refractivity contribution < 1.29 is 9.66 Å². The summed E-state index contributed by atoms with van der Waals surface area (Å²) >= 11 is 12.1. The molecule has 0 saturated heterocycles. The molecule has 0 spiro atoms. The van der Waals surface area contributed by atoms with Crippen LogP contribution in [0, 0.1) is 10.1 Å². The van der Waals surface area contributed by atoms with E-state index in [2.05, 4.69) is 29.1 Å². The highest BCUT2D eigenvalue weighted by atomic mass is 35.5. The molecule has 1 N–H and O–H groups in total. The lowest BCUT2D eigenvalue weighted by Gasteiger charge is -2.11. The number of ether oxygens (including phenoxy) is 1. The van der Waals surface area contributed by atoms with Gasteiger partial charge in [0.05, 0.1) is 20.7 Å². The number of hydrogen-bond donors (Lipinski definition) is 1. The highest BCUT2D eigenvalue weighted by Crippen LogP contribution is 2.38. The van der Waals surface area contributed by atoms with Gasteiger partial charge in [-0.2, -0.15) is 4.98 Å². The molecule has 1 aromatic heterocycles. The van der Waals surface area contributed by atoms with Gasteiger partial charge in [0.25, 0.3) is 0 Å². The van der Waals surface area contributed by atoms with Crippen molar-refractivity contribution in [3.8, 4) is 11.6 Å². The van der Waals surface area contributed by atoms with E-state index in [1.807, 2.05) is 12.1 Å². The molecule has 0 radical (unpaired) electrons. The van der Waals surface area contributed by atoms with Gasteiger partial charge in [-0.3, -0.25) is 10.1 Å². The largest absolute Gasteiger partial charge is 0.434 e. The van der Waals surface area contributed by atoms with E-state index in [0.717, 1.165) is 5.56 Å². The van der Waals surface area contributed by atoms with Crippen LogP contribution in [0.25, 0.3) is 0 Å². The fraction of sp³-hybridized carbons (Fsp3) is 0.158. The van der Waals surface area contributed by atoms with Gasteiger partial charge in [-0.05, 0) is 35.7 Å². The summed E-state index contributed by atoms with van der Waals surface area (Å²) < 4.78 is 5.65. The molecular weight excluding hydrogens is 403 g/mol. The molecule has 0 aliphatic carbocycles. The zero-order chi connectivity index (χ0) is 20.3. The second-order valence-electron chi connectivity index (χ2n) is 6.19. The zero-order valence-electron chi connectivity index (χ0n) is 15.0. The van der Waals surface area contributed by atoms with Crippen LogP contribution in [0.15, 0.2) is 48.8 Å². The molecule has 0 bridgehead atoms. The second-order valence-corrected chi connectivity index (χ2v) is 6.97. The first-order valence-corrected chi connectivity index (χ1v) is 9.10. The lowest BCUT2D eigenvalue weighted by atomic mass is 10.0. The van der Waals surface area contributed by atoms with Gasteiger partial charge in [-0.15, -0.1) is 0 Å². The molecule has 0 amide bonds. The number of aromatic nitrogens is 2. The molecule has 7 nitrogen and oxygen atoms in total. The maximum absolute atomic E-state index is 11.7. The van der Waals surface area contributed by atoms with E-state index in [-0.39, 0.29) is 16.7 Å². The molecule has 3 rings (SSSR count). The molecule has 0 atom stereocenters. The van der Waals surface area contributed by atoms with Crippen molar-refractivity contribution in [2.45, 2.75) is 19.8 Å². The minimum absolute atomic E-state index is 0.0574. The van der Waals surface area contributed by atoms with E-state index >= 15 is 0 Å². The third-order valence-electron chi connectivity index (χ3n) is 3.94. The van der Waals surface area contributed by atoms with Gasteiger partial charge in [0.1, 0.15) is 12.1 Å². The summed E-state index contributed by atoms with van der Waals surface area (Å²) in [5.41, 5.74) is 1.09. The fourth-order valence-corrected chi connectivity index (χ4v) is 2.80. The Hall–Kier alpha value is -2.90. The lowest BCUT2D eigenvalue weighted by Crippen LogP contribution is -2.04. The Kier molecular flexibility index (Phi) is 5.96. The van der Waals surface area contributed by atoms with Crippen molar-refractivity contribution in [1.29, 1.82) is 0 Å². The Bertz CT molecular complexity index is 1010. The third kappa shape index (κ3) is 4.32. The molecule has 9 heteroatoms. The molecule has 0 aliphatic heterocycles. The van der Waals surface area contributed by atoms with Crippen molar-refractivity contribution in [2.24, 2.45) is 0 Å². The number of anilines is 2. The Morgan fingerprint density at radius 2 is 1.82 bits per heavy atom. The van der Waals surface area contributed by atoms with E-state index in [1.165, 1.54) is 6.33 Å². The summed E-state index contributed by atoms with van der Waals surface area (Å²) in [4.78, 5) is 18.9. The third-order valence-corrected chi connectivity index (χ3v) is 4.76. The van der Waals surface area contributed by atoms with Crippen molar-refractivity contribution in [3.05, 3.63) is 74.5 Å². The van der Waals surface area contributed by atoms with Gasteiger partial charge >= 0.3 is 11.6 Å². The van der Waals surface area contributed by atoms with Gasteiger partial charge in [0.2, 0.25) is 5.82 Å². The summed E-state index contributed by atoms with van der Waals surface area (Å²) in [6, 6.07) is 12.2. The molecule has 0 fully saturated rings. The molecular formula is C19H16Cl2N4O3. The number of nitrogens with one attached hydrogen (secondary N) is 1. The molecule has 0 aliphatic rings. The summed E-state index contributed by atoms with van der Waals surface area (Å²) in [5.74, 6) is 0.550. The monoisotopic (exact) mass is 418 g/mol. The number of benzene rings is 2. The SMILES string of the molecule is CC(C)c1ccc(Oc2ncnc(Nc3cccc(Cl)c3Cl)c2[N+](=O)[O-])cc1. The first-order chi connectivity index (χ1) is 13.4. The first-order valence-electron chi connectivity index (χ1n) is 8.35. The van der Waals surface area contributed by atoms with Crippen LogP contribution < -0.4 is 10.1 Å². The normalized spacial score (nSPS) is 10.8. The summed E-state index contributed by atoms with van der Waals surface area (Å²) in [6.45, 7) is 4.15. The molecule has 28 heavy (non-hydrogen) atoms. The smallest absolute Gasteiger partial charge is 0.373 e. The molecule has 144 valence electrons. The van der Waals surface area contributed by atoms with E-state index in [0.29, 0.717) is 22.4 Å². The number of nitro groups is 1. The number of hydrogen-bond acceptors (Lipinski definition) is 6. The van der Waals surface area contributed by atoms with Gasteiger partial charge in [0, 0.05) is 0 Å². The number of nitrogens with zero attached hydrogens (tertiary/aromatic N) is 3. The molecule has 0 unspecified atom stereocenters. The maximum atomic E-state index is 11.7. The number of halogens is 2. The van der Waals surface area contributed by atoms with Gasteiger partial charge in [-0.25, -0.2) is 4.98 Å². The van der Waals surface area contributed by atoms with Crippen LogP contribution in [0.4, 0.5) is 17.2 Å². The standard InChI is InChI=1S/C19H16Cl2N4O3/c1-11(2)12-6-8-13(9-7-12)28-19-17(25(26)27)18(22-10-23-19)24-15-5-3-4-14(20)16(15)21/h3-11H,1-2H3,(H,22,23,24). The van der Waals surface area contributed by atoms with Crippen molar-refractivity contribution in [3.63, 3.8) is 0 Å². The van der Waals surface area contributed by atoms with Crippen molar-refractivity contribution >= 4 is 40.4 Å². The first kappa shape index (κ1) is 19.9. The van der Waals surface area contributed by atoms with Crippen LogP contribution in [0.5, 0.6) is 11.6 Å². The fourth-order valence-electron chi connectivity index (χ4n) is 2.45. The van der Waals surface area contributed by atoms with Gasteiger partial charge < -0.3 is 10.1 Å². The van der Waals surface area contributed by atoms with Crippen LogP contribution in [-0.4, -0.2) is 14.9 Å². The topological polar surface area (TPSA) is 90.2 Å². The highest BCUT2D eigenvalue weighted by molar-refractivity contribution is 6.43. The second kappa shape index (κ2) is 8.41. The molecule has 2 aromatic carbocycles. The molecule has 3 aromatic rings. The van der Waals surface area contributed by atoms with Crippen LogP contribution in [0.3, 0.4) is 0 Å². The molecule has 0 saturated carbocycles. The average molecular weight is 419 g/mol. The zero-order valence-corrected chi connectivity index (χ0v) is 16.5. The van der Waals surface area contributed by atoms with Crippen molar-refractivity contribution in [1.82, 2.24) is 9.97 Å². The minimum atomic E-state index is -0.612.